The number of rotatable bonds is 6. The van der Waals surface area contributed by atoms with E-state index < -0.39 is 0 Å². The summed E-state index contributed by atoms with van der Waals surface area (Å²) in [5.74, 6) is 0.287. The largest absolute Gasteiger partial charge is 0.501 e. The van der Waals surface area contributed by atoms with Crippen molar-refractivity contribution in [2.45, 2.75) is 19.3 Å². The van der Waals surface area contributed by atoms with Gasteiger partial charge in [-0.1, -0.05) is 144 Å². The number of fused-ring (bicyclic) bond motifs is 4. The number of aromatic nitrogens is 2. The van der Waals surface area contributed by atoms with Gasteiger partial charge in [0.1, 0.15) is 5.58 Å². The van der Waals surface area contributed by atoms with Crippen molar-refractivity contribution >= 4 is 32.7 Å². The first kappa shape index (κ1) is 33.8. The average Bonchev–Trinajstić information content (AvgIpc) is 3.58. The van der Waals surface area contributed by atoms with Crippen molar-refractivity contribution in [3.8, 4) is 22.5 Å². The number of hydrogen-bond donors (Lipinski definition) is 0. The van der Waals surface area contributed by atoms with Crippen LogP contribution in [-0.4, -0.2) is 9.97 Å². The van der Waals surface area contributed by atoms with Crippen molar-refractivity contribution in [2.24, 2.45) is 0 Å². The van der Waals surface area contributed by atoms with Crippen LogP contribution in [0.3, 0.4) is 0 Å². The monoisotopic (exact) mass is 835 g/mol. The third-order valence-electron chi connectivity index (χ3n) is 9.21. The van der Waals surface area contributed by atoms with Gasteiger partial charge in [0.2, 0.25) is 0 Å². The minimum absolute atomic E-state index is 0. The molecule has 0 aliphatic heterocycles. The molecule has 1 atom stereocenters. The summed E-state index contributed by atoms with van der Waals surface area (Å²) in [6.07, 6.45) is 4.61. The number of benzene rings is 6. The van der Waals surface area contributed by atoms with Gasteiger partial charge in [-0.3, -0.25) is 0 Å². The van der Waals surface area contributed by atoms with E-state index in [9.17, 15) is 0 Å². The SMILES string of the molecule is CC(c1ccccc1)c1cccnc1-c1[c-]cc2ccccc2c1.[Ir].[c-]1ccc2c(oc3ccccc32)c1-c1cc(Cc2ccccc2)ccn1. The van der Waals surface area contributed by atoms with Crippen LogP contribution in [-0.2, 0) is 26.5 Å². The molecule has 0 saturated carbocycles. The molecule has 0 amide bonds. The van der Waals surface area contributed by atoms with E-state index >= 15 is 0 Å². The first-order chi connectivity index (χ1) is 24.7. The van der Waals surface area contributed by atoms with Gasteiger partial charge in [0.25, 0.3) is 0 Å². The van der Waals surface area contributed by atoms with Crippen LogP contribution in [0.15, 0.2) is 175 Å². The van der Waals surface area contributed by atoms with Crippen LogP contribution in [0.4, 0.5) is 0 Å². The maximum atomic E-state index is 6.12. The van der Waals surface area contributed by atoms with Crippen molar-refractivity contribution in [3.63, 3.8) is 0 Å². The summed E-state index contributed by atoms with van der Waals surface area (Å²) in [7, 11) is 0. The molecule has 51 heavy (non-hydrogen) atoms. The summed E-state index contributed by atoms with van der Waals surface area (Å²) in [6.45, 7) is 2.23. The van der Waals surface area contributed by atoms with Crippen molar-refractivity contribution < 1.29 is 24.5 Å². The Kier molecular flexibility index (Phi) is 10.3. The summed E-state index contributed by atoms with van der Waals surface area (Å²) in [6, 6.07) is 60.9. The predicted octanol–water partition coefficient (Wildman–Crippen LogP) is 11.9. The Bertz CT molecular complexity index is 2540. The minimum atomic E-state index is 0. The first-order valence-corrected chi connectivity index (χ1v) is 16.9. The van der Waals surface area contributed by atoms with E-state index in [0.29, 0.717) is 0 Å². The molecule has 0 aliphatic rings. The summed E-state index contributed by atoms with van der Waals surface area (Å²) < 4.78 is 6.12. The maximum absolute atomic E-state index is 6.12. The number of para-hydroxylation sites is 1. The van der Waals surface area contributed by atoms with Crippen molar-refractivity contribution in [2.75, 3.05) is 0 Å². The molecule has 1 unspecified atom stereocenters. The van der Waals surface area contributed by atoms with Crippen LogP contribution < -0.4 is 0 Å². The van der Waals surface area contributed by atoms with Crippen LogP contribution in [0.25, 0.3) is 55.2 Å². The zero-order valence-electron chi connectivity index (χ0n) is 28.1. The number of hydrogen-bond acceptors (Lipinski definition) is 3. The molecule has 4 heteroatoms. The van der Waals surface area contributed by atoms with Gasteiger partial charge in [0.15, 0.2) is 0 Å². The Morgan fingerprint density at radius 3 is 2.22 bits per heavy atom. The van der Waals surface area contributed by atoms with Crippen LogP contribution in [0, 0.1) is 12.1 Å². The van der Waals surface area contributed by atoms with Gasteiger partial charge in [-0.2, -0.15) is 0 Å². The second-order valence-electron chi connectivity index (χ2n) is 12.5. The zero-order valence-corrected chi connectivity index (χ0v) is 30.5. The van der Waals surface area contributed by atoms with E-state index in [0.717, 1.165) is 50.9 Å². The fourth-order valence-corrected chi connectivity index (χ4v) is 6.61. The Balaban J connectivity index is 0.000000157. The van der Waals surface area contributed by atoms with Gasteiger partial charge < -0.3 is 14.4 Å². The first-order valence-electron chi connectivity index (χ1n) is 16.9. The Morgan fingerprint density at radius 2 is 1.37 bits per heavy atom. The van der Waals surface area contributed by atoms with Gasteiger partial charge in [-0.25, -0.2) is 0 Å². The third kappa shape index (κ3) is 7.30. The summed E-state index contributed by atoms with van der Waals surface area (Å²) in [4.78, 5) is 9.25. The molecular weight excluding hydrogens is 801 g/mol. The second kappa shape index (κ2) is 15.5. The smallest absolute Gasteiger partial charge is 0.120 e. The van der Waals surface area contributed by atoms with E-state index in [-0.39, 0.29) is 26.0 Å². The van der Waals surface area contributed by atoms with Crippen molar-refractivity contribution in [1.82, 2.24) is 9.97 Å². The van der Waals surface area contributed by atoms with Crippen LogP contribution in [0.2, 0.25) is 0 Å². The van der Waals surface area contributed by atoms with Gasteiger partial charge in [-0.05, 0) is 58.6 Å². The quantitative estimate of drug-likeness (QED) is 0.157. The molecule has 9 rings (SSSR count). The molecule has 3 heterocycles. The molecule has 0 fully saturated rings. The second-order valence-corrected chi connectivity index (χ2v) is 12.5. The molecule has 3 nitrogen and oxygen atoms in total. The van der Waals surface area contributed by atoms with E-state index in [1.54, 1.807) is 0 Å². The molecule has 0 saturated heterocycles. The molecule has 9 aromatic rings. The molecular formula is C47H34IrN2O-2. The molecule has 0 bridgehead atoms. The van der Waals surface area contributed by atoms with Crippen molar-refractivity contribution in [3.05, 3.63) is 205 Å². The molecule has 1 radical (unpaired) electrons. The average molecular weight is 835 g/mol. The van der Waals surface area contributed by atoms with Gasteiger partial charge >= 0.3 is 0 Å². The standard InChI is InChI=1S/C24H16NO.C23H18N.Ir/c1-2-7-17(8-3-1)15-18-13-14-25-22(16-18)21-11-6-10-20-19-9-4-5-12-23(19)26-24(20)21;1-17(18-8-3-2-4-9-18)22-12-7-15-24-23(22)21-14-13-19-10-5-6-11-20(19)16-21;/h1-10,12-14,16H,15H2;2-13,15-17H,1H3;/q2*-1;. The molecule has 0 spiro atoms. The normalized spacial score (nSPS) is 11.5. The molecule has 3 aromatic heterocycles. The van der Waals surface area contributed by atoms with Gasteiger partial charge in [0, 0.05) is 37.9 Å². The summed E-state index contributed by atoms with van der Waals surface area (Å²) in [5, 5.41) is 4.65. The van der Waals surface area contributed by atoms with Crippen LogP contribution >= 0.6 is 0 Å². The van der Waals surface area contributed by atoms with Crippen LogP contribution in [0.1, 0.15) is 35.1 Å². The maximum Gasteiger partial charge on any atom is 0.120 e. The zero-order chi connectivity index (χ0) is 33.7. The summed E-state index contributed by atoms with van der Waals surface area (Å²) in [5.41, 5.74) is 10.6. The summed E-state index contributed by atoms with van der Waals surface area (Å²) >= 11 is 0. The molecule has 6 aromatic carbocycles. The minimum Gasteiger partial charge on any atom is -0.501 e. The predicted molar refractivity (Wildman–Crippen MR) is 205 cm³/mol. The Labute approximate surface area is 312 Å². The number of pyridine rings is 2. The van der Waals surface area contributed by atoms with Crippen LogP contribution in [0.5, 0.6) is 0 Å². The van der Waals surface area contributed by atoms with E-state index in [1.807, 2.05) is 48.8 Å². The van der Waals surface area contributed by atoms with Crippen molar-refractivity contribution in [1.29, 1.82) is 0 Å². The Morgan fingerprint density at radius 1 is 0.627 bits per heavy atom. The number of nitrogens with zero attached hydrogens (tertiary/aromatic N) is 2. The fourth-order valence-electron chi connectivity index (χ4n) is 6.61. The molecule has 249 valence electrons. The van der Waals surface area contributed by atoms with Gasteiger partial charge in [-0.15, -0.1) is 47.3 Å². The number of furan rings is 1. The molecule has 0 N–H and O–H groups in total. The van der Waals surface area contributed by atoms with Gasteiger partial charge in [0.05, 0.1) is 5.58 Å². The van der Waals surface area contributed by atoms with E-state index in [4.69, 9.17) is 4.42 Å². The topological polar surface area (TPSA) is 38.9 Å². The third-order valence-corrected chi connectivity index (χ3v) is 9.21. The fraction of sp³-hybridized carbons (Fsp3) is 0.0638. The van der Waals surface area contributed by atoms with E-state index in [1.165, 1.54) is 33.0 Å². The Hall–Kier alpha value is -5.67. The molecule has 0 aliphatic carbocycles. The van der Waals surface area contributed by atoms with E-state index in [2.05, 4.69) is 150 Å².